The lowest BCUT2D eigenvalue weighted by molar-refractivity contribution is -0.122. The van der Waals surface area contributed by atoms with E-state index in [0.717, 1.165) is 25.9 Å². The maximum Gasteiger partial charge on any atom is 0.220 e. The van der Waals surface area contributed by atoms with Gasteiger partial charge in [-0.2, -0.15) is 0 Å². The minimum absolute atomic E-state index is 0.219. The van der Waals surface area contributed by atoms with Crippen molar-refractivity contribution < 1.29 is 9.59 Å². The van der Waals surface area contributed by atoms with Gasteiger partial charge < -0.3 is 10.6 Å². The summed E-state index contributed by atoms with van der Waals surface area (Å²) in [5.41, 5.74) is 0. The van der Waals surface area contributed by atoms with Crippen molar-refractivity contribution in [3.8, 4) is 0 Å². The second-order valence-corrected chi connectivity index (χ2v) is 11.6. The first-order valence-electron chi connectivity index (χ1n) is 16.2. The van der Waals surface area contributed by atoms with E-state index in [-0.39, 0.29) is 11.8 Å². The number of amides is 2. The molecule has 36 heavy (non-hydrogen) atoms. The van der Waals surface area contributed by atoms with Crippen molar-refractivity contribution in [3.05, 3.63) is 0 Å². The Morgan fingerprint density at radius 1 is 0.500 bits per heavy atom. The fraction of sp³-hybridized carbons (Fsp3) is 0.938. The van der Waals surface area contributed by atoms with Crippen molar-refractivity contribution in [2.45, 2.75) is 168 Å². The molecule has 1 saturated carbocycles. The average Bonchev–Trinajstić information content (AvgIpc) is 2.89. The second-order valence-electron chi connectivity index (χ2n) is 11.6. The molecule has 0 heterocycles. The first kappa shape index (κ1) is 33.0. The maximum absolute atomic E-state index is 12.3. The SMILES string of the molecule is CCCCCCCCCCCC(=O)NC[C@@H]1CCCC[C@H]1CNC(=O)CCCCCCCCCCC. The van der Waals surface area contributed by atoms with Crippen molar-refractivity contribution in [1.82, 2.24) is 10.6 Å². The normalized spacial score (nSPS) is 17.7. The van der Waals surface area contributed by atoms with Gasteiger partial charge >= 0.3 is 0 Å². The number of carbonyl (C=O) groups excluding carboxylic acids is 2. The third-order valence-corrected chi connectivity index (χ3v) is 8.20. The van der Waals surface area contributed by atoms with Crippen LogP contribution in [0.2, 0.25) is 0 Å². The molecule has 1 aliphatic rings. The Hall–Kier alpha value is -1.06. The zero-order chi connectivity index (χ0) is 26.1. The molecule has 2 N–H and O–H groups in total. The summed E-state index contributed by atoms with van der Waals surface area (Å²) >= 11 is 0. The first-order chi connectivity index (χ1) is 17.7. The molecule has 1 aliphatic carbocycles. The third-order valence-electron chi connectivity index (χ3n) is 8.20. The van der Waals surface area contributed by atoms with Gasteiger partial charge in [-0.15, -0.1) is 0 Å². The van der Waals surface area contributed by atoms with Gasteiger partial charge in [0.15, 0.2) is 0 Å². The summed E-state index contributed by atoms with van der Waals surface area (Å²) in [4.78, 5) is 24.7. The topological polar surface area (TPSA) is 58.2 Å². The van der Waals surface area contributed by atoms with Crippen molar-refractivity contribution in [2.24, 2.45) is 11.8 Å². The zero-order valence-electron chi connectivity index (χ0n) is 24.4. The highest BCUT2D eigenvalue weighted by Gasteiger charge is 2.25. The van der Waals surface area contributed by atoms with E-state index in [1.54, 1.807) is 0 Å². The fourth-order valence-corrected chi connectivity index (χ4v) is 5.68. The van der Waals surface area contributed by atoms with Crippen LogP contribution in [0.3, 0.4) is 0 Å². The maximum atomic E-state index is 12.3. The highest BCUT2D eigenvalue weighted by atomic mass is 16.2. The molecule has 1 fully saturated rings. The van der Waals surface area contributed by atoms with Crippen LogP contribution in [0.5, 0.6) is 0 Å². The third kappa shape index (κ3) is 19.1. The summed E-state index contributed by atoms with van der Waals surface area (Å²) in [6, 6.07) is 0. The number of nitrogens with one attached hydrogen (secondary N) is 2. The van der Waals surface area contributed by atoms with Crippen LogP contribution < -0.4 is 10.6 Å². The van der Waals surface area contributed by atoms with E-state index in [9.17, 15) is 9.59 Å². The molecule has 2 amide bonds. The van der Waals surface area contributed by atoms with E-state index in [1.165, 1.54) is 128 Å². The van der Waals surface area contributed by atoms with Gasteiger partial charge in [0, 0.05) is 25.9 Å². The van der Waals surface area contributed by atoms with Crippen LogP contribution in [0.15, 0.2) is 0 Å². The van der Waals surface area contributed by atoms with Gasteiger partial charge in [0.05, 0.1) is 0 Å². The molecule has 0 spiro atoms. The largest absolute Gasteiger partial charge is 0.356 e. The Labute approximate surface area is 224 Å². The predicted octanol–water partition coefficient (Wildman–Crippen LogP) is 8.87. The molecule has 4 heteroatoms. The second kappa shape index (κ2) is 24.3. The summed E-state index contributed by atoms with van der Waals surface area (Å²) in [5, 5.41) is 6.43. The van der Waals surface area contributed by atoms with Crippen molar-refractivity contribution in [1.29, 1.82) is 0 Å². The Morgan fingerprint density at radius 3 is 1.14 bits per heavy atom. The minimum Gasteiger partial charge on any atom is -0.356 e. The Morgan fingerprint density at radius 2 is 0.806 bits per heavy atom. The average molecular weight is 507 g/mol. The number of carbonyl (C=O) groups is 2. The lowest BCUT2D eigenvalue weighted by Gasteiger charge is -2.32. The molecule has 0 aromatic heterocycles. The predicted molar refractivity (Wildman–Crippen MR) is 155 cm³/mol. The van der Waals surface area contributed by atoms with Gasteiger partial charge in [-0.1, -0.05) is 129 Å². The van der Waals surface area contributed by atoms with Crippen LogP contribution in [-0.4, -0.2) is 24.9 Å². The highest BCUT2D eigenvalue weighted by Crippen LogP contribution is 2.29. The van der Waals surface area contributed by atoms with E-state index in [0.29, 0.717) is 24.7 Å². The summed E-state index contributed by atoms with van der Waals surface area (Å²) in [6.45, 7) is 6.10. The van der Waals surface area contributed by atoms with Gasteiger partial charge in [0.1, 0.15) is 0 Å². The van der Waals surface area contributed by atoms with Gasteiger partial charge in [-0.3, -0.25) is 9.59 Å². The van der Waals surface area contributed by atoms with Gasteiger partial charge in [-0.05, 0) is 37.5 Å². The summed E-state index contributed by atoms with van der Waals surface area (Å²) in [6.07, 6.45) is 29.3. The van der Waals surface area contributed by atoms with Crippen LogP contribution in [0.4, 0.5) is 0 Å². The van der Waals surface area contributed by atoms with Crippen molar-refractivity contribution in [2.75, 3.05) is 13.1 Å². The van der Waals surface area contributed by atoms with Crippen LogP contribution >= 0.6 is 0 Å². The van der Waals surface area contributed by atoms with E-state index in [2.05, 4.69) is 24.5 Å². The van der Waals surface area contributed by atoms with Gasteiger partial charge in [-0.25, -0.2) is 0 Å². The fourth-order valence-electron chi connectivity index (χ4n) is 5.68. The quantitative estimate of drug-likeness (QED) is 0.128. The smallest absolute Gasteiger partial charge is 0.220 e. The molecule has 1 rings (SSSR count). The Bertz CT molecular complexity index is 476. The van der Waals surface area contributed by atoms with Crippen LogP contribution in [0, 0.1) is 11.8 Å². The summed E-state index contributed by atoms with van der Waals surface area (Å²) in [5.74, 6) is 1.46. The zero-order valence-corrected chi connectivity index (χ0v) is 24.4. The molecule has 0 radical (unpaired) electrons. The van der Waals surface area contributed by atoms with Gasteiger partial charge in [0.25, 0.3) is 0 Å². The van der Waals surface area contributed by atoms with E-state index in [4.69, 9.17) is 0 Å². The monoisotopic (exact) mass is 506 g/mol. The Kier molecular flexibility index (Phi) is 22.2. The molecule has 0 aromatic rings. The molecular weight excluding hydrogens is 444 g/mol. The molecule has 0 aliphatic heterocycles. The van der Waals surface area contributed by atoms with Crippen LogP contribution in [-0.2, 0) is 9.59 Å². The summed E-state index contributed by atoms with van der Waals surface area (Å²) in [7, 11) is 0. The molecule has 2 atom stereocenters. The standard InChI is InChI=1S/C32H62N2O2/c1-3-5-7-9-11-13-15-17-19-25-31(35)33-27-29-23-21-22-24-30(29)28-34-32(36)26-20-18-16-14-12-10-8-6-4-2/h29-30H,3-28H2,1-2H3,(H,33,35)(H,34,36)/t29-,30-/m0/s1. The van der Waals surface area contributed by atoms with E-state index in [1.807, 2.05) is 0 Å². The number of hydrogen-bond donors (Lipinski definition) is 2. The van der Waals surface area contributed by atoms with Crippen LogP contribution in [0.1, 0.15) is 168 Å². The molecule has 4 nitrogen and oxygen atoms in total. The molecule has 0 bridgehead atoms. The Balaban J connectivity index is 2.06. The molecule has 212 valence electrons. The lowest BCUT2D eigenvalue weighted by Crippen LogP contribution is -2.39. The minimum atomic E-state index is 0.219. The van der Waals surface area contributed by atoms with Crippen molar-refractivity contribution >= 4 is 11.8 Å². The molecular formula is C32H62N2O2. The van der Waals surface area contributed by atoms with E-state index < -0.39 is 0 Å². The lowest BCUT2D eigenvalue weighted by atomic mass is 9.79. The number of hydrogen-bond acceptors (Lipinski definition) is 2. The van der Waals surface area contributed by atoms with Crippen molar-refractivity contribution in [3.63, 3.8) is 0 Å². The first-order valence-corrected chi connectivity index (χ1v) is 16.2. The number of unbranched alkanes of at least 4 members (excludes halogenated alkanes) is 16. The number of rotatable bonds is 24. The highest BCUT2D eigenvalue weighted by molar-refractivity contribution is 5.76. The van der Waals surface area contributed by atoms with Gasteiger partial charge in [0.2, 0.25) is 11.8 Å². The van der Waals surface area contributed by atoms with Crippen LogP contribution in [0.25, 0.3) is 0 Å². The summed E-state index contributed by atoms with van der Waals surface area (Å²) < 4.78 is 0. The van der Waals surface area contributed by atoms with E-state index >= 15 is 0 Å². The molecule has 0 saturated heterocycles. The molecule has 0 aromatic carbocycles. The molecule has 0 unspecified atom stereocenters.